The molecule has 0 bridgehead atoms. The van der Waals surface area contributed by atoms with Crippen molar-refractivity contribution in [3.8, 4) is 17.0 Å². The highest BCUT2D eigenvalue weighted by atomic mass is 32.2. The van der Waals surface area contributed by atoms with E-state index in [4.69, 9.17) is 4.74 Å². The highest BCUT2D eigenvalue weighted by Crippen LogP contribution is 2.31. The van der Waals surface area contributed by atoms with Gasteiger partial charge in [-0.05, 0) is 30.3 Å². The summed E-state index contributed by atoms with van der Waals surface area (Å²) in [7, 11) is 1.66. The lowest BCUT2D eigenvalue weighted by atomic mass is 10.1. The summed E-state index contributed by atoms with van der Waals surface area (Å²) >= 11 is 1.61. The van der Waals surface area contributed by atoms with Crippen molar-refractivity contribution in [2.24, 2.45) is 0 Å². The van der Waals surface area contributed by atoms with E-state index in [1.807, 2.05) is 60.7 Å². The Labute approximate surface area is 143 Å². The van der Waals surface area contributed by atoms with Crippen LogP contribution >= 0.6 is 11.8 Å². The molecule has 118 valence electrons. The summed E-state index contributed by atoms with van der Waals surface area (Å²) in [5, 5.41) is 5.24. The van der Waals surface area contributed by atoms with E-state index in [0.29, 0.717) is 5.78 Å². The van der Waals surface area contributed by atoms with E-state index in [1.54, 1.807) is 23.4 Å². The minimum atomic E-state index is 0.590. The second-order valence-electron chi connectivity index (χ2n) is 5.10. The number of benzene rings is 2. The van der Waals surface area contributed by atoms with Crippen LogP contribution in [0.2, 0.25) is 0 Å². The van der Waals surface area contributed by atoms with Crippen LogP contribution in [0.25, 0.3) is 17.0 Å². The molecule has 2 aromatic heterocycles. The average Bonchev–Trinajstić information content (AvgIpc) is 3.12. The molecule has 0 saturated heterocycles. The van der Waals surface area contributed by atoms with Gasteiger partial charge in [0, 0.05) is 10.5 Å². The van der Waals surface area contributed by atoms with Crippen LogP contribution in [-0.4, -0.2) is 26.7 Å². The van der Waals surface area contributed by atoms with E-state index < -0.39 is 0 Å². The smallest absolute Gasteiger partial charge is 0.253 e. The van der Waals surface area contributed by atoms with Gasteiger partial charge >= 0.3 is 0 Å². The first kappa shape index (κ1) is 14.7. The molecule has 0 unspecified atom stereocenters. The third-order valence-corrected chi connectivity index (χ3v) is 4.58. The van der Waals surface area contributed by atoms with E-state index in [9.17, 15) is 0 Å². The molecule has 0 atom stereocenters. The van der Waals surface area contributed by atoms with Crippen molar-refractivity contribution in [3.63, 3.8) is 0 Å². The monoisotopic (exact) mass is 334 g/mol. The van der Waals surface area contributed by atoms with E-state index in [-0.39, 0.29) is 0 Å². The van der Waals surface area contributed by atoms with Crippen LogP contribution in [0.15, 0.2) is 76.9 Å². The number of hydrogen-bond donors (Lipinski definition) is 0. The number of hydrogen-bond acceptors (Lipinski definition) is 5. The molecule has 0 aliphatic carbocycles. The molecule has 2 aromatic carbocycles. The molecule has 0 fully saturated rings. The quantitative estimate of drug-likeness (QED) is 0.529. The van der Waals surface area contributed by atoms with Crippen molar-refractivity contribution >= 4 is 17.5 Å². The minimum absolute atomic E-state index is 0.590. The lowest BCUT2D eigenvalue weighted by molar-refractivity contribution is 0.414. The van der Waals surface area contributed by atoms with Gasteiger partial charge < -0.3 is 4.74 Å². The summed E-state index contributed by atoms with van der Waals surface area (Å²) in [4.78, 5) is 9.93. The molecule has 0 radical (unpaired) electrons. The first-order valence-electron chi connectivity index (χ1n) is 7.41. The van der Waals surface area contributed by atoms with Gasteiger partial charge in [-0.25, -0.2) is 4.98 Å². The molecule has 4 rings (SSSR count). The van der Waals surface area contributed by atoms with Crippen molar-refractivity contribution in [1.82, 2.24) is 19.6 Å². The molecule has 0 aliphatic heterocycles. The van der Waals surface area contributed by atoms with Crippen LogP contribution in [0.3, 0.4) is 0 Å². The van der Waals surface area contributed by atoms with Crippen molar-refractivity contribution in [1.29, 1.82) is 0 Å². The topological polar surface area (TPSA) is 52.3 Å². The van der Waals surface area contributed by atoms with Gasteiger partial charge in [0.05, 0.1) is 12.8 Å². The summed E-state index contributed by atoms with van der Waals surface area (Å²) < 4.78 is 6.96. The highest BCUT2D eigenvalue weighted by Gasteiger charge is 2.10. The number of nitrogens with zero attached hydrogens (tertiary/aromatic N) is 4. The largest absolute Gasteiger partial charge is 0.497 e. The van der Waals surface area contributed by atoms with Crippen molar-refractivity contribution < 1.29 is 4.74 Å². The fourth-order valence-electron chi connectivity index (χ4n) is 2.38. The van der Waals surface area contributed by atoms with E-state index in [0.717, 1.165) is 26.9 Å². The first-order valence-corrected chi connectivity index (χ1v) is 8.23. The lowest BCUT2D eigenvalue weighted by Gasteiger charge is -2.08. The first-order chi connectivity index (χ1) is 11.8. The molecule has 2 heterocycles. The Bertz CT molecular complexity index is 967. The fraction of sp³-hybridized carbons (Fsp3) is 0.0556. The maximum absolute atomic E-state index is 5.21. The predicted molar refractivity (Wildman–Crippen MR) is 93.3 cm³/mol. The Morgan fingerprint density at radius 3 is 2.54 bits per heavy atom. The molecular formula is C18H14N4OS. The molecule has 0 N–H and O–H groups in total. The zero-order valence-corrected chi connectivity index (χ0v) is 13.8. The number of ether oxygens (including phenoxy) is 1. The lowest BCUT2D eigenvalue weighted by Crippen LogP contribution is -1.97. The van der Waals surface area contributed by atoms with E-state index in [2.05, 4.69) is 15.1 Å². The molecule has 6 heteroatoms. The highest BCUT2D eigenvalue weighted by molar-refractivity contribution is 7.99. The minimum Gasteiger partial charge on any atom is -0.497 e. The molecule has 4 aromatic rings. The van der Waals surface area contributed by atoms with Gasteiger partial charge in [0.15, 0.2) is 0 Å². The van der Waals surface area contributed by atoms with Crippen molar-refractivity contribution in [2.45, 2.75) is 9.92 Å². The third kappa shape index (κ3) is 2.83. The van der Waals surface area contributed by atoms with Crippen LogP contribution in [0, 0.1) is 0 Å². The summed E-state index contributed by atoms with van der Waals surface area (Å²) in [5.74, 6) is 1.43. The standard InChI is InChI=1S/C18H14N4OS/c1-23-14-7-9-15(10-8-14)24-17-11-16(13-5-3-2-4-6-13)21-18-19-12-20-22(17)18/h2-12H,1H3. The predicted octanol–water partition coefficient (Wildman–Crippen LogP) is 3.95. The number of fused-ring (bicyclic) bond motifs is 1. The van der Waals surface area contributed by atoms with Gasteiger partial charge in [-0.3, -0.25) is 0 Å². The molecule has 0 amide bonds. The average molecular weight is 334 g/mol. The third-order valence-electron chi connectivity index (χ3n) is 3.57. The Morgan fingerprint density at radius 1 is 1.00 bits per heavy atom. The maximum atomic E-state index is 5.21. The van der Waals surface area contributed by atoms with Gasteiger partial charge in [-0.15, -0.1) is 0 Å². The molecule has 0 spiro atoms. The van der Waals surface area contributed by atoms with Gasteiger partial charge in [0.1, 0.15) is 17.1 Å². The Balaban J connectivity index is 1.77. The van der Waals surface area contributed by atoms with Gasteiger partial charge in [0.25, 0.3) is 5.78 Å². The Morgan fingerprint density at radius 2 is 1.79 bits per heavy atom. The van der Waals surface area contributed by atoms with Gasteiger partial charge in [-0.1, -0.05) is 42.1 Å². The summed E-state index contributed by atoms with van der Waals surface area (Å²) in [5.41, 5.74) is 1.94. The number of aromatic nitrogens is 4. The normalized spacial score (nSPS) is 10.9. The summed E-state index contributed by atoms with van der Waals surface area (Å²) in [6, 6.07) is 20.0. The van der Waals surface area contributed by atoms with E-state index >= 15 is 0 Å². The van der Waals surface area contributed by atoms with Gasteiger partial charge in [-0.2, -0.15) is 14.6 Å². The van der Waals surface area contributed by atoms with Crippen LogP contribution in [0.5, 0.6) is 5.75 Å². The number of methoxy groups -OCH3 is 1. The van der Waals surface area contributed by atoms with Crippen molar-refractivity contribution in [2.75, 3.05) is 7.11 Å². The zero-order valence-electron chi connectivity index (χ0n) is 13.0. The van der Waals surface area contributed by atoms with Crippen LogP contribution in [-0.2, 0) is 0 Å². The molecule has 24 heavy (non-hydrogen) atoms. The van der Waals surface area contributed by atoms with Crippen LogP contribution in [0.4, 0.5) is 0 Å². The second-order valence-corrected chi connectivity index (χ2v) is 6.19. The molecule has 0 saturated carbocycles. The Hall–Kier alpha value is -2.86. The summed E-state index contributed by atoms with van der Waals surface area (Å²) in [6.07, 6.45) is 1.52. The second kappa shape index (κ2) is 6.33. The van der Waals surface area contributed by atoms with Gasteiger partial charge in [0.2, 0.25) is 0 Å². The van der Waals surface area contributed by atoms with Crippen LogP contribution < -0.4 is 4.74 Å². The SMILES string of the molecule is COc1ccc(Sc2cc(-c3ccccc3)nc3ncnn23)cc1. The van der Waals surface area contributed by atoms with Crippen molar-refractivity contribution in [3.05, 3.63) is 67.0 Å². The van der Waals surface area contributed by atoms with Crippen LogP contribution in [0.1, 0.15) is 0 Å². The zero-order chi connectivity index (χ0) is 16.4. The maximum Gasteiger partial charge on any atom is 0.253 e. The number of rotatable bonds is 4. The molecule has 5 nitrogen and oxygen atoms in total. The fourth-order valence-corrected chi connectivity index (χ4v) is 3.28. The Kier molecular flexibility index (Phi) is 3.88. The van der Waals surface area contributed by atoms with E-state index in [1.165, 1.54) is 6.33 Å². The summed E-state index contributed by atoms with van der Waals surface area (Å²) in [6.45, 7) is 0. The molecule has 0 aliphatic rings. The molecular weight excluding hydrogens is 320 g/mol.